The van der Waals surface area contributed by atoms with Gasteiger partial charge in [-0.25, -0.2) is 18.7 Å². The molecule has 0 saturated carbocycles. The van der Waals surface area contributed by atoms with Crippen molar-refractivity contribution in [3.8, 4) is 33.1 Å². The first-order chi connectivity index (χ1) is 15.4. The largest absolute Gasteiger partial charge is 0.492 e. The van der Waals surface area contributed by atoms with Gasteiger partial charge in [-0.15, -0.1) is 11.3 Å². The fourth-order valence-corrected chi connectivity index (χ4v) is 4.34. The quantitative estimate of drug-likeness (QED) is 0.330. The minimum atomic E-state index is -0.607. The van der Waals surface area contributed by atoms with Crippen LogP contribution in [0.1, 0.15) is 12.5 Å². The summed E-state index contributed by atoms with van der Waals surface area (Å²) in [6, 6.07) is 5.97. The van der Waals surface area contributed by atoms with Crippen molar-refractivity contribution in [2.45, 2.75) is 13.3 Å². The number of rotatable bonds is 8. The molecule has 0 fully saturated rings. The predicted molar refractivity (Wildman–Crippen MR) is 118 cm³/mol. The summed E-state index contributed by atoms with van der Waals surface area (Å²) >= 11 is 4.38. The first kappa shape index (κ1) is 22.1. The molecule has 0 bridgehead atoms. The van der Waals surface area contributed by atoms with Gasteiger partial charge >= 0.3 is 6.08 Å². The third-order valence-corrected chi connectivity index (χ3v) is 5.92. The molecule has 0 saturated heterocycles. The molecule has 0 amide bonds. The number of halogens is 3. The summed E-state index contributed by atoms with van der Waals surface area (Å²) in [7, 11) is 0. The second-order valence-corrected chi connectivity index (χ2v) is 8.42. The summed E-state index contributed by atoms with van der Waals surface area (Å²) in [6.07, 6.45) is 0.992. The number of ether oxygens (including phenoxy) is 1. The smallest absolute Gasteiger partial charge is 0.415 e. The molecule has 32 heavy (non-hydrogen) atoms. The molecule has 0 unspecified atom stereocenters. The number of benzene rings is 1. The van der Waals surface area contributed by atoms with Crippen LogP contribution < -0.4 is 10.1 Å². The average molecular weight is 524 g/mol. The lowest BCUT2D eigenvalue weighted by atomic mass is 10.1. The molecule has 166 valence electrons. The molecule has 0 atom stereocenters. The maximum absolute atomic E-state index is 14.0. The summed E-state index contributed by atoms with van der Waals surface area (Å²) in [5, 5.41) is 16.1. The number of thiophene rings is 1. The van der Waals surface area contributed by atoms with Gasteiger partial charge in [-0.3, -0.25) is 4.52 Å². The normalized spacial score (nSPS) is 11.0. The predicted octanol–water partition coefficient (Wildman–Crippen LogP) is 5.05. The standard InChI is InChI=1S/C20H16BrF2N5O3S/c1-2-30-15-8-16(32-18(15)19-27-20(29)31-28-19)14-7-17(26-9-25-14)24-4-3-11-12(22)5-10(21)6-13(11)23/h5-9H,2-4H2,1H3,(H,24,25,26)(H,27,28,29). The van der Waals surface area contributed by atoms with Crippen molar-refractivity contribution in [1.29, 1.82) is 0 Å². The molecule has 0 aliphatic rings. The molecule has 0 spiro atoms. The van der Waals surface area contributed by atoms with Crippen molar-refractivity contribution in [3.63, 3.8) is 0 Å². The van der Waals surface area contributed by atoms with Gasteiger partial charge in [-0.1, -0.05) is 21.1 Å². The number of aromatic hydroxyl groups is 1. The molecule has 4 rings (SSSR count). The van der Waals surface area contributed by atoms with E-state index < -0.39 is 17.7 Å². The monoisotopic (exact) mass is 523 g/mol. The maximum Gasteiger partial charge on any atom is 0.415 e. The van der Waals surface area contributed by atoms with Gasteiger partial charge in [-0.05, 0) is 25.5 Å². The zero-order valence-corrected chi connectivity index (χ0v) is 19.0. The van der Waals surface area contributed by atoms with Crippen LogP contribution in [0.3, 0.4) is 0 Å². The van der Waals surface area contributed by atoms with E-state index in [-0.39, 0.29) is 24.4 Å². The lowest BCUT2D eigenvalue weighted by Crippen LogP contribution is -2.09. The summed E-state index contributed by atoms with van der Waals surface area (Å²) in [5.74, 6) is 0.0158. The Morgan fingerprint density at radius 3 is 2.66 bits per heavy atom. The SMILES string of the molecule is CCOc1cc(-c2cc(NCCc3c(F)cc(Br)cc3F)ncn2)sc1-c1noc(O)n1. The van der Waals surface area contributed by atoms with Crippen molar-refractivity contribution < 1.29 is 23.1 Å². The summed E-state index contributed by atoms with van der Waals surface area (Å²) in [4.78, 5) is 13.6. The van der Waals surface area contributed by atoms with Crippen LogP contribution in [-0.4, -0.2) is 38.4 Å². The Bertz CT molecular complexity index is 1230. The van der Waals surface area contributed by atoms with Crippen LogP contribution in [0, 0.1) is 11.6 Å². The van der Waals surface area contributed by atoms with Crippen LogP contribution in [0.15, 0.2) is 39.6 Å². The van der Waals surface area contributed by atoms with Crippen molar-refractivity contribution in [1.82, 2.24) is 20.1 Å². The molecular weight excluding hydrogens is 508 g/mol. The van der Waals surface area contributed by atoms with E-state index in [1.165, 1.54) is 29.8 Å². The van der Waals surface area contributed by atoms with Crippen molar-refractivity contribution >= 4 is 33.1 Å². The van der Waals surface area contributed by atoms with Crippen molar-refractivity contribution in [2.24, 2.45) is 0 Å². The molecular formula is C20H16BrF2N5O3S. The average Bonchev–Trinajstić information content (AvgIpc) is 3.37. The Morgan fingerprint density at radius 2 is 1.97 bits per heavy atom. The van der Waals surface area contributed by atoms with Crippen LogP contribution in [-0.2, 0) is 6.42 Å². The van der Waals surface area contributed by atoms with Gasteiger partial charge in [0.1, 0.15) is 34.4 Å². The summed E-state index contributed by atoms with van der Waals surface area (Å²) in [5.41, 5.74) is 0.607. The zero-order chi connectivity index (χ0) is 22.7. The fourth-order valence-electron chi connectivity index (χ4n) is 2.94. The van der Waals surface area contributed by atoms with E-state index in [1.807, 2.05) is 6.92 Å². The van der Waals surface area contributed by atoms with E-state index in [0.717, 1.165) is 4.88 Å². The van der Waals surface area contributed by atoms with Crippen LogP contribution >= 0.6 is 27.3 Å². The van der Waals surface area contributed by atoms with Gasteiger partial charge in [0.15, 0.2) is 0 Å². The molecule has 2 N–H and O–H groups in total. The number of aromatic nitrogens is 4. The van der Waals surface area contributed by atoms with Gasteiger partial charge in [0, 0.05) is 28.7 Å². The highest BCUT2D eigenvalue weighted by Gasteiger charge is 2.19. The molecule has 1 aromatic carbocycles. The summed E-state index contributed by atoms with van der Waals surface area (Å²) in [6.45, 7) is 2.54. The molecule has 8 nitrogen and oxygen atoms in total. The fraction of sp³-hybridized carbons (Fsp3) is 0.200. The third kappa shape index (κ3) is 4.86. The zero-order valence-electron chi connectivity index (χ0n) is 16.6. The number of hydrogen-bond acceptors (Lipinski definition) is 9. The Balaban J connectivity index is 1.52. The first-order valence-corrected chi connectivity index (χ1v) is 11.0. The van der Waals surface area contributed by atoms with Crippen molar-refractivity contribution in [2.75, 3.05) is 18.5 Å². The van der Waals surface area contributed by atoms with E-state index in [9.17, 15) is 13.9 Å². The van der Waals surface area contributed by atoms with Crippen LogP contribution in [0.5, 0.6) is 11.8 Å². The van der Waals surface area contributed by atoms with Crippen LogP contribution in [0.2, 0.25) is 0 Å². The molecule has 12 heteroatoms. The Morgan fingerprint density at radius 1 is 1.19 bits per heavy atom. The lowest BCUT2D eigenvalue weighted by Gasteiger charge is -2.08. The number of hydrogen-bond donors (Lipinski definition) is 2. The minimum Gasteiger partial charge on any atom is -0.492 e. The number of anilines is 1. The van der Waals surface area contributed by atoms with Crippen LogP contribution in [0.4, 0.5) is 14.6 Å². The highest BCUT2D eigenvalue weighted by atomic mass is 79.9. The van der Waals surface area contributed by atoms with E-state index in [1.54, 1.807) is 12.1 Å². The number of nitrogens with zero attached hydrogens (tertiary/aromatic N) is 4. The van der Waals surface area contributed by atoms with Gasteiger partial charge in [0.05, 0.1) is 17.2 Å². The number of nitrogens with one attached hydrogen (secondary N) is 1. The second kappa shape index (κ2) is 9.57. The van der Waals surface area contributed by atoms with Gasteiger partial charge < -0.3 is 15.2 Å². The third-order valence-electron chi connectivity index (χ3n) is 4.32. The van der Waals surface area contributed by atoms with E-state index in [4.69, 9.17) is 4.74 Å². The molecule has 0 aliphatic carbocycles. The van der Waals surface area contributed by atoms with Gasteiger partial charge in [0.25, 0.3) is 0 Å². The summed E-state index contributed by atoms with van der Waals surface area (Å²) < 4.78 is 38.6. The van der Waals surface area contributed by atoms with E-state index in [0.29, 0.717) is 33.2 Å². The Kier molecular flexibility index (Phi) is 6.61. The first-order valence-electron chi connectivity index (χ1n) is 9.44. The molecule has 3 heterocycles. The molecule has 0 radical (unpaired) electrons. The van der Waals surface area contributed by atoms with E-state index in [2.05, 4.69) is 45.9 Å². The Hall–Kier alpha value is -3.12. The highest BCUT2D eigenvalue weighted by molar-refractivity contribution is 9.10. The molecule has 3 aromatic heterocycles. The van der Waals surface area contributed by atoms with Gasteiger partial charge in [-0.2, -0.15) is 4.98 Å². The second-order valence-electron chi connectivity index (χ2n) is 6.45. The van der Waals surface area contributed by atoms with Gasteiger partial charge in [0.2, 0.25) is 5.82 Å². The van der Waals surface area contributed by atoms with E-state index >= 15 is 0 Å². The lowest BCUT2D eigenvalue weighted by molar-refractivity contribution is 0.267. The minimum absolute atomic E-state index is 0.00241. The highest BCUT2D eigenvalue weighted by Crippen LogP contribution is 2.41. The Labute approximate surface area is 193 Å². The molecule has 4 aromatic rings. The topological polar surface area (TPSA) is 106 Å². The van der Waals surface area contributed by atoms with Crippen molar-refractivity contribution in [3.05, 3.63) is 52.3 Å². The maximum atomic E-state index is 14.0. The van der Waals surface area contributed by atoms with Crippen LogP contribution in [0.25, 0.3) is 21.3 Å². The molecule has 0 aliphatic heterocycles.